The van der Waals surface area contributed by atoms with Crippen LogP contribution in [0, 0.1) is 24.2 Å². The molecule has 0 unspecified atom stereocenters. The Morgan fingerprint density at radius 3 is 2.78 bits per heavy atom. The number of anilines is 1. The minimum Gasteiger partial charge on any atom is -0.352 e. The van der Waals surface area contributed by atoms with Gasteiger partial charge in [-0.3, -0.25) is 9.59 Å². The van der Waals surface area contributed by atoms with Gasteiger partial charge in [0.15, 0.2) is 5.82 Å². The summed E-state index contributed by atoms with van der Waals surface area (Å²) in [5.74, 6) is -0.0557. The third kappa shape index (κ3) is 4.66. The molecule has 1 aliphatic rings. The van der Waals surface area contributed by atoms with Crippen molar-refractivity contribution >= 4 is 45.0 Å². The van der Waals surface area contributed by atoms with Gasteiger partial charge in [-0.25, -0.2) is 9.67 Å². The van der Waals surface area contributed by atoms with Crippen LogP contribution < -0.4 is 10.6 Å². The number of hydrogen-bond donors (Lipinski definition) is 2. The zero-order valence-electron chi connectivity index (χ0n) is 17.0. The summed E-state index contributed by atoms with van der Waals surface area (Å²) in [4.78, 5) is 30.3. The van der Waals surface area contributed by atoms with E-state index in [2.05, 4.69) is 42.7 Å². The fourth-order valence-corrected chi connectivity index (χ4v) is 3.81. The molecule has 1 aliphatic carbocycles. The van der Waals surface area contributed by atoms with E-state index in [1.54, 1.807) is 31.3 Å². The summed E-state index contributed by atoms with van der Waals surface area (Å²) in [6.45, 7) is 2.30. The van der Waals surface area contributed by atoms with E-state index in [0.29, 0.717) is 44.7 Å². The molecule has 2 aromatic heterocycles. The second-order valence-electron chi connectivity index (χ2n) is 7.51. The molecule has 10 heteroatoms. The van der Waals surface area contributed by atoms with Crippen LogP contribution in [-0.2, 0) is 0 Å². The maximum atomic E-state index is 13.2. The van der Waals surface area contributed by atoms with Gasteiger partial charge in [0.05, 0.1) is 27.9 Å². The van der Waals surface area contributed by atoms with Crippen molar-refractivity contribution in [1.29, 1.82) is 5.26 Å². The molecule has 2 N–H and O–H groups in total. The molecule has 162 valence electrons. The molecule has 32 heavy (non-hydrogen) atoms. The molecule has 8 nitrogen and oxygen atoms in total. The number of halogens is 2. The van der Waals surface area contributed by atoms with Crippen LogP contribution >= 0.6 is 27.5 Å². The summed E-state index contributed by atoms with van der Waals surface area (Å²) in [6, 6.07) is 10.0. The number of hydrogen-bond acceptors (Lipinski definition) is 5. The quantitative estimate of drug-likeness (QED) is 0.511. The Morgan fingerprint density at radius 1 is 1.31 bits per heavy atom. The molecule has 1 aromatic carbocycles. The van der Waals surface area contributed by atoms with Gasteiger partial charge in [-0.15, -0.1) is 0 Å². The Labute approximate surface area is 197 Å². The lowest BCUT2D eigenvalue weighted by Crippen LogP contribution is -2.28. The summed E-state index contributed by atoms with van der Waals surface area (Å²) < 4.78 is 1.75. The van der Waals surface area contributed by atoms with E-state index in [9.17, 15) is 14.9 Å². The molecule has 2 heterocycles. The topological polar surface area (TPSA) is 113 Å². The summed E-state index contributed by atoms with van der Waals surface area (Å²) in [6.07, 6.45) is 3.73. The van der Waals surface area contributed by atoms with Gasteiger partial charge in [0, 0.05) is 18.8 Å². The highest BCUT2D eigenvalue weighted by Crippen LogP contribution is 2.29. The third-order valence-electron chi connectivity index (χ3n) is 5.05. The first-order valence-electron chi connectivity index (χ1n) is 9.88. The lowest BCUT2D eigenvalue weighted by atomic mass is 10.0. The SMILES string of the molecule is Cc1cc(C#N)cc(C(=O)NCC2CC2)c1NC(=O)c1cc(Br)nn1-c1ncccc1Cl. The fraction of sp³-hybridized carbons (Fsp3) is 0.227. The van der Waals surface area contributed by atoms with Crippen molar-refractivity contribution in [3.63, 3.8) is 0 Å². The fourth-order valence-electron chi connectivity index (χ4n) is 3.24. The van der Waals surface area contributed by atoms with Gasteiger partial charge in [-0.05, 0) is 71.4 Å². The Hall–Kier alpha value is -3.22. The first kappa shape index (κ1) is 22.0. The van der Waals surface area contributed by atoms with Crippen LogP contribution in [0.15, 0.2) is 41.1 Å². The van der Waals surface area contributed by atoms with Crippen LogP contribution in [0.4, 0.5) is 5.69 Å². The molecule has 3 aromatic rings. The van der Waals surface area contributed by atoms with Gasteiger partial charge in [-0.1, -0.05) is 11.6 Å². The number of nitrogens with zero attached hydrogens (tertiary/aromatic N) is 4. The van der Waals surface area contributed by atoms with E-state index in [4.69, 9.17) is 11.6 Å². The maximum absolute atomic E-state index is 13.2. The smallest absolute Gasteiger partial charge is 0.274 e. The molecular weight excluding hydrogens is 496 g/mol. The van der Waals surface area contributed by atoms with Gasteiger partial charge in [0.2, 0.25) is 0 Å². The molecule has 0 atom stereocenters. The van der Waals surface area contributed by atoms with Crippen LogP contribution in [-0.4, -0.2) is 33.1 Å². The molecule has 0 radical (unpaired) electrons. The maximum Gasteiger partial charge on any atom is 0.274 e. The molecule has 2 amide bonds. The molecule has 1 saturated carbocycles. The number of pyridine rings is 1. The largest absolute Gasteiger partial charge is 0.352 e. The van der Waals surface area contributed by atoms with Crippen molar-refractivity contribution < 1.29 is 9.59 Å². The summed E-state index contributed by atoms with van der Waals surface area (Å²) >= 11 is 9.53. The number of amides is 2. The van der Waals surface area contributed by atoms with Crippen molar-refractivity contribution in [2.24, 2.45) is 5.92 Å². The van der Waals surface area contributed by atoms with Crippen molar-refractivity contribution in [3.05, 3.63) is 68.5 Å². The molecule has 0 saturated heterocycles. The number of carbonyl (C=O) groups is 2. The highest BCUT2D eigenvalue weighted by Gasteiger charge is 2.25. The Kier molecular flexibility index (Phi) is 6.26. The Morgan fingerprint density at radius 2 is 2.09 bits per heavy atom. The minimum atomic E-state index is -0.506. The van der Waals surface area contributed by atoms with Crippen LogP contribution in [0.5, 0.6) is 0 Å². The molecule has 0 bridgehead atoms. The number of aromatic nitrogens is 3. The molecule has 1 fully saturated rings. The van der Waals surface area contributed by atoms with Crippen LogP contribution in [0.1, 0.15) is 44.8 Å². The number of nitriles is 1. The normalized spacial score (nSPS) is 12.8. The van der Waals surface area contributed by atoms with Crippen LogP contribution in [0.2, 0.25) is 5.02 Å². The van der Waals surface area contributed by atoms with Gasteiger partial charge >= 0.3 is 0 Å². The predicted octanol–water partition coefficient (Wildman–Crippen LogP) is 4.26. The van der Waals surface area contributed by atoms with Crippen molar-refractivity contribution in [2.75, 3.05) is 11.9 Å². The van der Waals surface area contributed by atoms with Crippen LogP contribution in [0.25, 0.3) is 5.82 Å². The van der Waals surface area contributed by atoms with Crippen molar-refractivity contribution in [1.82, 2.24) is 20.1 Å². The van der Waals surface area contributed by atoms with Gasteiger partial charge < -0.3 is 10.6 Å². The molecule has 4 rings (SSSR count). The standard InChI is InChI=1S/C22H18BrClN6O2/c1-12-7-14(10-25)8-15(21(31)27-11-13-4-5-13)19(12)28-22(32)17-9-18(23)29-30(17)20-16(24)3-2-6-26-20/h2-3,6-9,13H,4-5,11H2,1H3,(H,27,31)(H,28,32). The van der Waals surface area contributed by atoms with E-state index >= 15 is 0 Å². The second-order valence-corrected chi connectivity index (χ2v) is 8.73. The average molecular weight is 514 g/mol. The number of benzene rings is 1. The number of rotatable bonds is 6. The summed E-state index contributed by atoms with van der Waals surface area (Å²) in [5.41, 5.74) is 1.67. The average Bonchev–Trinajstić information content (AvgIpc) is 3.53. The number of aryl methyl sites for hydroxylation is 1. The highest BCUT2D eigenvalue weighted by atomic mass is 79.9. The van der Waals surface area contributed by atoms with E-state index in [0.717, 1.165) is 12.8 Å². The predicted molar refractivity (Wildman–Crippen MR) is 123 cm³/mol. The monoisotopic (exact) mass is 512 g/mol. The zero-order chi connectivity index (χ0) is 22.8. The molecular formula is C22H18BrClN6O2. The summed E-state index contributed by atoms with van der Waals surface area (Å²) in [5, 5.41) is 19.6. The first-order valence-corrected chi connectivity index (χ1v) is 11.0. The first-order chi connectivity index (χ1) is 15.4. The number of carbonyl (C=O) groups excluding carboxylic acids is 2. The molecule has 0 spiro atoms. The highest BCUT2D eigenvalue weighted by molar-refractivity contribution is 9.10. The van der Waals surface area contributed by atoms with E-state index in [1.807, 2.05) is 0 Å². The van der Waals surface area contributed by atoms with Gasteiger partial charge in [-0.2, -0.15) is 10.4 Å². The minimum absolute atomic E-state index is 0.172. The number of nitrogens with one attached hydrogen (secondary N) is 2. The molecule has 0 aliphatic heterocycles. The Balaban J connectivity index is 1.69. The van der Waals surface area contributed by atoms with E-state index in [1.165, 1.54) is 16.8 Å². The zero-order valence-corrected chi connectivity index (χ0v) is 19.4. The lowest BCUT2D eigenvalue weighted by Gasteiger charge is -2.15. The van der Waals surface area contributed by atoms with E-state index in [-0.39, 0.29) is 17.2 Å². The third-order valence-corrected chi connectivity index (χ3v) is 5.73. The second kappa shape index (κ2) is 9.10. The Bertz CT molecular complexity index is 1260. The lowest BCUT2D eigenvalue weighted by molar-refractivity contribution is 0.0952. The van der Waals surface area contributed by atoms with Crippen LogP contribution in [0.3, 0.4) is 0 Å². The van der Waals surface area contributed by atoms with Gasteiger partial charge in [0.1, 0.15) is 10.3 Å². The van der Waals surface area contributed by atoms with E-state index < -0.39 is 5.91 Å². The van der Waals surface area contributed by atoms with Crippen molar-refractivity contribution in [3.8, 4) is 11.9 Å². The van der Waals surface area contributed by atoms with Crippen molar-refractivity contribution in [2.45, 2.75) is 19.8 Å². The van der Waals surface area contributed by atoms with Gasteiger partial charge in [0.25, 0.3) is 11.8 Å². The summed E-state index contributed by atoms with van der Waals surface area (Å²) in [7, 11) is 0.